The van der Waals surface area contributed by atoms with Crippen LogP contribution in [0.5, 0.6) is 11.5 Å². The Morgan fingerprint density at radius 2 is 2.06 bits per heavy atom. The normalized spacial score (nSPS) is 10.3. The van der Waals surface area contributed by atoms with Gasteiger partial charge in [0.1, 0.15) is 5.82 Å². The van der Waals surface area contributed by atoms with E-state index in [-0.39, 0.29) is 5.75 Å². The Kier molecular flexibility index (Phi) is 2.86. The highest BCUT2D eigenvalue weighted by Crippen LogP contribution is 2.36. The summed E-state index contributed by atoms with van der Waals surface area (Å²) in [7, 11) is 2.83. The fraction of sp³-hybridized carbons (Fsp3) is 0.182. The largest absolute Gasteiger partial charge is 0.493 e. The summed E-state index contributed by atoms with van der Waals surface area (Å²) in [6, 6.07) is 2.96. The van der Waals surface area contributed by atoms with Gasteiger partial charge in [-0.25, -0.2) is 4.39 Å². The summed E-state index contributed by atoms with van der Waals surface area (Å²) >= 11 is 0. The Morgan fingerprint density at radius 3 is 2.59 bits per heavy atom. The van der Waals surface area contributed by atoms with Crippen LogP contribution in [0.1, 0.15) is 0 Å². The molecule has 17 heavy (non-hydrogen) atoms. The molecule has 2 aromatic rings. The van der Waals surface area contributed by atoms with E-state index in [9.17, 15) is 4.39 Å². The molecule has 0 saturated carbocycles. The van der Waals surface area contributed by atoms with Crippen LogP contribution in [0.4, 0.5) is 10.2 Å². The number of rotatable bonds is 3. The number of ether oxygens (including phenoxy) is 2. The second kappa shape index (κ2) is 4.32. The van der Waals surface area contributed by atoms with Gasteiger partial charge in [0.25, 0.3) is 0 Å². The monoisotopic (exact) mass is 237 g/mol. The first-order valence-corrected chi connectivity index (χ1v) is 4.88. The molecule has 0 amide bonds. The maximum Gasteiger partial charge on any atom is 0.196 e. The molecule has 1 heterocycles. The van der Waals surface area contributed by atoms with Crippen molar-refractivity contribution in [1.29, 1.82) is 0 Å². The average molecular weight is 237 g/mol. The molecule has 2 rings (SSSR count). The minimum Gasteiger partial charge on any atom is -0.493 e. The number of nitrogen functional groups attached to an aromatic ring is 1. The fourth-order valence-corrected chi connectivity index (χ4v) is 1.60. The molecule has 0 atom stereocenters. The first kappa shape index (κ1) is 11.3. The zero-order chi connectivity index (χ0) is 12.4. The Morgan fingerprint density at radius 1 is 1.29 bits per heavy atom. The van der Waals surface area contributed by atoms with Crippen LogP contribution in [0.2, 0.25) is 0 Å². The molecule has 0 radical (unpaired) electrons. The fourth-order valence-electron chi connectivity index (χ4n) is 1.60. The molecule has 0 aliphatic heterocycles. The summed E-state index contributed by atoms with van der Waals surface area (Å²) in [5, 5.41) is 6.37. The van der Waals surface area contributed by atoms with E-state index in [2.05, 4.69) is 10.2 Å². The Labute approximate surface area is 97.3 Å². The molecule has 0 bridgehead atoms. The van der Waals surface area contributed by atoms with E-state index in [0.29, 0.717) is 22.7 Å². The van der Waals surface area contributed by atoms with Gasteiger partial charge in [-0.15, -0.1) is 0 Å². The molecular weight excluding hydrogens is 225 g/mol. The highest BCUT2D eigenvalue weighted by atomic mass is 19.1. The lowest BCUT2D eigenvalue weighted by Crippen LogP contribution is -1.95. The highest BCUT2D eigenvalue weighted by Gasteiger charge is 2.15. The third kappa shape index (κ3) is 1.89. The van der Waals surface area contributed by atoms with Crippen LogP contribution in [0, 0.1) is 5.82 Å². The Hall–Kier alpha value is -2.24. The van der Waals surface area contributed by atoms with E-state index < -0.39 is 5.82 Å². The molecule has 1 aromatic heterocycles. The summed E-state index contributed by atoms with van der Waals surface area (Å²) < 4.78 is 23.7. The van der Waals surface area contributed by atoms with Crippen LogP contribution in [-0.2, 0) is 0 Å². The van der Waals surface area contributed by atoms with Crippen molar-refractivity contribution in [1.82, 2.24) is 10.2 Å². The molecular formula is C11H12FN3O2. The maximum absolute atomic E-state index is 13.7. The van der Waals surface area contributed by atoms with Crippen molar-refractivity contribution in [2.45, 2.75) is 0 Å². The van der Waals surface area contributed by atoms with Crippen LogP contribution >= 0.6 is 0 Å². The number of halogens is 1. The molecule has 0 saturated heterocycles. The molecule has 0 fully saturated rings. The van der Waals surface area contributed by atoms with Gasteiger partial charge in [-0.1, -0.05) is 0 Å². The van der Waals surface area contributed by atoms with Gasteiger partial charge in [-0.2, -0.15) is 5.10 Å². The Balaban J connectivity index is 2.58. The lowest BCUT2D eigenvalue weighted by Gasteiger charge is -2.10. The number of H-pyrrole nitrogens is 1. The van der Waals surface area contributed by atoms with Gasteiger partial charge >= 0.3 is 0 Å². The molecule has 5 nitrogen and oxygen atoms in total. The van der Waals surface area contributed by atoms with Crippen LogP contribution in [0.25, 0.3) is 11.1 Å². The zero-order valence-electron chi connectivity index (χ0n) is 9.45. The summed E-state index contributed by atoms with van der Waals surface area (Å²) in [5.74, 6) is 0.237. The number of nitrogens with zero attached hydrogens (tertiary/aromatic N) is 1. The van der Waals surface area contributed by atoms with Gasteiger partial charge in [-0.3, -0.25) is 5.10 Å². The molecule has 0 unspecified atom stereocenters. The second-order valence-corrected chi connectivity index (χ2v) is 3.39. The molecule has 0 spiro atoms. The van der Waals surface area contributed by atoms with E-state index in [1.54, 1.807) is 6.07 Å². The van der Waals surface area contributed by atoms with E-state index in [1.165, 1.54) is 26.5 Å². The maximum atomic E-state index is 13.7. The van der Waals surface area contributed by atoms with Gasteiger partial charge in [0.05, 0.1) is 20.4 Å². The number of benzene rings is 1. The van der Waals surface area contributed by atoms with Crippen LogP contribution in [0.3, 0.4) is 0 Å². The summed E-state index contributed by atoms with van der Waals surface area (Å²) in [6.45, 7) is 0. The number of hydrogen-bond acceptors (Lipinski definition) is 4. The lowest BCUT2D eigenvalue weighted by molar-refractivity contribution is 0.338. The number of nitrogens with two attached hydrogens (primary N) is 1. The predicted molar refractivity (Wildman–Crippen MR) is 61.5 cm³/mol. The Bertz CT molecular complexity index is 540. The summed E-state index contributed by atoms with van der Waals surface area (Å²) in [5.41, 5.74) is 6.86. The van der Waals surface area contributed by atoms with Crippen molar-refractivity contribution in [3.63, 3.8) is 0 Å². The number of aromatic amines is 1. The van der Waals surface area contributed by atoms with E-state index in [4.69, 9.17) is 15.2 Å². The number of nitrogens with one attached hydrogen (secondary N) is 1. The van der Waals surface area contributed by atoms with Crippen LogP contribution in [-0.4, -0.2) is 24.4 Å². The quantitative estimate of drug-likeness (QED) is 0.853. The van der Waals surface area contributed by atoms with E-state index in [0.717, 1.165) is 0 Å². The summed E-state index contributed by atoms with van der Waals surface area (Å²) in [4.78, 5) is 0. The van der Waals surface area contributed by atoms with E-state index >= 15 is 0 Å². The predicted octanol–water partition coefficient (Wildman–Crippen LogP) is 1.82. The molecule has 6 heteroatoms. The van der Waals surface area contributed by atoms with Crippen molar-refractivity contribution in [3.05, 3.63) is 24.1 Å². The standard InChI is InChI=1S/C11H12FN3O2/c1-16-9-4-6(3-8(12)10(9)17-2)7-5-14-15-11(7)13/h3-5H,1-2H3,(H3,13,14,15). The zero-order valence-corrected chi connectivity index (χ0v) is 9.45. The smallest absolute Gasteiger partial charge is 0.196 e. The van der Waals surface area contributed by atoms with E-state index in [1.807, 2.05) is 0 Å². The average Bonchev–Trinajstić information content (AvgIpc) is 2.74. The van der Waals surface area contributed by atoms with Gasteiger partial charge in [-0.05, 0) is 17.7 Å². The first-order chi connectivity index (χ1) is 8.17. The number of anilines is 1. The minimum absolute atomic E-state index is 0.0679. The molecule has 0 aliphatic carbocycles. The number of hydrogen-bond donors (Lipinski definition) is 2. The SMILES string of the molecule is COc1cc(-c2cn[nH]c2N)cc(F)c1OC. The van der Waals surface area contributed by atoms with Crippen molar-refractivity contribution < 1.29 is 13.9 Å². The van der Waals surface area contributed by atoms with Gasteiger partial charge in [0.2, 0.25) is 0 Å². The topological polar surface area (TPSA) is 73.2 Å². The molecule has 0 aliphatic rings. The first-order valence-electron chi connectivity index (χ1n) is 4.88. The van der Waals surface area contributed by atoms with Gasteiger partial charge < -0.3 is 15.2 Å². The van der Waals surface area contributed by atoms with Crippen molar-refractivity contribution >= 4 is 5.82 Å². The van der Waals surface area contributed by atoms with Crippen molar-refractivity contribution in [2.24, 2.45) is 0 Å². The van der Waals surface area contributed by atoms with Crippen LogP contribution in [0.15, 0.2) is 18.3 Å². The second-order valence-electron chi connectivity index (χ2n) is 3.39. The molecule has 3 N–H and O–H groups in total. The highest BCUT2D eigenvalue weighted by molar-refractivity contribution is 5.75. The minimum atomic E-state index is -0.512. The molecule has 90 valence electrons. The van der Waals surface area contributed by atoms with Crippen molar-refractivity contribution in [2.75, 3.05) is 20.0 Å². The number of aromatic nitrogens is 2. The van der Waals surface area contributed by atoms with Gasteiger partial charge in [0.15, 0.2) is 17.3 Å². The summed E-state index contributed by atoms with van der Waals surface area (Å²) in [6.07, 6.45) is 1.52. The third-order valence-corrected chi connectivity index (χ3v) is 2.41. The van der Waals surface area contributed by atoms with Crippen molar-refractivity contribution in [3.8, 4) is 22.6 Å². The molecule has 1 aromatic carbocycles. The third-order valence-electron chi connectivity index (χ3n) is 2.41. The number of methoxy groups -OCH3 is 2. The lowest BCUT2D eigenvalue weighted by atomic mass is 10.1. The van der Waals surface area contributed by atoms with Crippen LogP contribution < -0.4 is 15.2 Å². The van der Waals surface area contributed by atoms with Gasteiger partial charge in [0, 0.05) is 5.56 Å².